The van der Waals surface area contributed by atoms with Crippen LogP contribution in [-0.2, 0) is 26.0 Å². The van der Waals surface area contributed by atoms with Crippen LogP contribution in [0.1, 0.15) is 55.6 Å². The standard InChI is InChI=1S/C28H33FN4O5S/c1-28(2)13-24-26(21-10-4-17(29)12-23(21)33(24)39(36,37)15-28)16-3-9-20(27(31)35)22(11-16)32-18-5-7-19(8-6-18)38-25(34)14-30/h3-4,9-12,18-19,32H,5-8,13-15,30H2,1-2H3,(H2,31,35)/t18-,19-. The molecular weight excluding hydrogens is 523 g/mol. The Morgan fingerprint density at radius 3 is 2.51 bits per heavy atom. The van der Waals surface area contributed by atoms with E-state index in [0.29, 0.717) is 71.1 Å². The van der Waals surface area contributed by atoms with Crippen LogP contribution in [0.3, 0.4) is 0 Å². The molecule has 0 unspecified atom stereocenters. The lowest BCUT2D eigenvalue weighted by Gasteiger charge is -2.31. The van der Waals surface area contributed by atoms with Gasteiger partial charge in [0.1, 0.15) is 11.9 Å². The third-order valence-corrected chi connectivity index (χ3v) is 9.67. The molecule has 39 heavy (non-hydrogen) atoms. The van der Waals surface area contributed by atoms with Gasteiger partial charge in [-0.3, -0.25) is 9.59 Å². The van der Waals surface area contributed by atoms with Crippen LogP contribution in [0.15, 0.2) is 36.4 Å². The minimum atomic E-state index is -3.73. The normalized spacial score (nSPS) is 21.7. The van der Waals surface area contributed by atoms with Crippen molar-refractivity contribution in [2.75, 3.05) is 17.6 Å². The van der Waals surface area contributed by atoms with Crippen LogP contribution < -0.4 is 16.8 Å². The summed E-state index contributed by atoms with van der Waals surface area (Å²) in [7, 11) is -3.73. The van der Waals surface area contributed by atoms with Gasteiger partial charge in [-0.25, -0.2) is 16.8 Å². The van der Waals surface area contributed by atoms with E-state index < -0.39 is 33.1 Å². The number of nitrogens with zero attached hydrogens (tertiary/aromatic N) is 1. The highest BCUT2D eigenvalue weighted by Gasteiger charge is 2.39. The van der Waals surface area contributed by atoms with Crippen molar-refractivity contribution in [3.05, 3.63) is 53.5 Å². The van der Waals surface area contributed by atoms with Gasteiger partial charge in [0.2, 0.25) is 10.0 Å². The third-order valence-electron chi connectivity index (χ3n) is 7.55. The minimum absolute atomic E-state index is 0.0132. The van der Waals surface area contributed by atoms with Crippen molar-refractivity contribution in [2.45, 2.75) is 58.1 Å². The van der Waals surface area contributed by atoms with E-state index >= 15 is 0 Å². The Bertz CT molecular complexity index is 1570. The number of nitrogens with two attached hydrogens (primary N) is 2. The molecule has 9 nitrogen and oxygen atoms in total. The molecule has 3 aromatic rings. The number of hydrogen-bond donors (Lipinski definition) is 3. The van der Waals surface area contributed by atoms with E-state index in [9.17, 15) is 22.4 Å². The summed E-state index contributed by atoms with van der Waals surface area (Å²) in [5.74, 6) is -1.59. The Morgan fingerprint density at radius 2 is 1.85 bits per heavy atom. The van der Waals surface area contributed by atoms with Gasteiger partial charge >= 0.3 is 5.97 Å². The lowest BCUT2D eigenvalue weighted by molar-refractivity contribution is -0.148. The number of esters is 1. The molecule has 1 saturated carbocycles. The summed E-state index contributed by atoms with van der Waals surface area (Å²) in [6.45, 7) is 3.65. The van der Waals surface area contributed by atoms with Gasteiger partial charge in [0.05, 0.1) is 23.4 Å². The van der Waals surface area contributed by atoms with Crippen LogP contribution in [0.25, 0.3) is 22.0 Å². The third kappa shape index (κ3) is 5.25. The van der Waals surface area contributed by atoms with Gasteiger partial charge < -0.3 is 21.5 Å². The summed E-state index contributed by atoms with van der Waals surface area (Å²) in [5.41, 5.74) is 13.7. The molecule has 5 rings (SSSR count). The molecule has 0 spiro atoms. The monoisotopic (exact) mass is 556 g/mol. The number of carbonyl (C=O) groups excluding carboxylic acids is 2. The zero-order chi connectivity index (χ0) is 28.1. The van der Waals surface area contributed by atoms with Crippen molar-refractivity contribution in [3.63, 3.8) is 0 Å². The van der Waals surface area contributed by atoms with Gasteiger partial charge in [-0.15, -0.1) is 0 Å². The molecule has 1 fully saturated rings. The average Bonchev–Trinajstić information content (AvgIpc) is 3.17. The molecule has 2 aromatic carbocycles. The number of rotatable bonds is 6. The molecule has 1 aliphatic carbocycles. The van der Waals surface area contributed by atoms with Gasteiger partial charge in [-0.2, -0.15) is 0 Å². The second-order valence-corrected chi connectivity index (χ2v) is 13.1. The van der Waals surface area contributed by atoms with E-state index in [4.69, 9.17) is 16.2 Å². The van der Waals surface area contributed by atoms with Crippen molar-refractivity contribution in [1.82, 2.24) is 3.97 Å². The maximum absolute atomic E-state index is 14.3. The summed E-state index contributed by atoms with van der Waals surface area (Å²) in [4.78, 5) is 23.9. The van der Waals surface area contributed by atoms with Crippen LogP contribution >= 0.6 is 0 Å². The fraction of sp³-hybridized carbons (Fsp3) is 0.429. The number of amides is 1. The summed E-state index contributed by atoms with van der Waals surface area (Å²) in [6, 6.07) is 9.39. The molecule has 1 aliphatic heterocycles. The molecule has 0 atom stereocenters. The first-order valence-electron chi connectivity index (χ1n) is 13.0. The quantitative estimate of drug-likeness (QED) is 0.394. The van der Waals surface area contributed by atoms with Crippen molar-refractivity contribution in [3.8, 4) is 11.1 Å². The van der Waals surface area contributed by atoms with Crippen molar-refractivity contribution in [1.29, 1.82) is 0 Å². The maximum atomic E-state index is 14.3. The second kappa shape index (κ2) is 9.95. The van der Waals surface area contributed by atoms with Crippen LogP contribution in [-0.4, -0.2) is 48.7 Å². The number of fused-ring (bicyclic) bond motifs is 3. The lowest BCUT2D eigenvalue weighted by atomic mass is 9.87. The van der Waals surface area contributed by atoms with Crippen molar-refractivity contribution >= 4 is 38.5 Å². The highest BCUT2D eigenvalue weighted by atomic mass is 32.2. The number of anilines is 1. The summed E-state index contributed by atoms with van der Waals surface area (Å²) < 4.78 is 47.7. The van der Waals surface area contributed by atoms with Crippen LogP contribution in [0.5, 0.6) is 0 Å². The number of ether oxygens (including phenoxy) is 1. The number of benzene rings is 2. The second-order valence-electron chi connectivity index (χ2n) is 11.3. The summed E-state index contributed by atoms with van der Waals surface area (Å²) in [6.07, 6.45) is 3.02. The Balaban J connectivity index is 1.56. The van der Waals surface area contributed by atoms with E-state index in [1.165, 1.54) is 16.1 Å². The molecule has 2 heterocycles. The predicted molar refractivity (Wildman–Crippen MR) is 147 cm³/mol. The van der Waals surface area contributed by atoms with E-state index in [2.05, 4.69) is 5.32 Å². The predicted octanol–water partition coefficient (Wildman–Crippen LogP) is 3.53. The Hall–Kier alpha value is -3.44. The topological polar surface area (TPSA) is 147 Å². The Kier molecular flexibility index (Phi) is 6.92. The largest absolute Gasteiger partial charge is 0.461 e. The van der Waals surface area contributed by atoms with Crippen LogP contribution in [0, 0.1) is 11.2 Å². The first-order chi connectivity index (χ1) is 18.4. The molecule has 0 radical (unpaired) electrons. The molecule has 208 valence electrons. The summed E-state index contributed by atoms with van der Waals surface area (Å²) >= 11 is 0. The molecule has 0 bridgehead atoms. The van der Waals surface area contributed by atoms with Gasteiger partial charge in [-0.1, -0.05) is 19.9 Å². The maximum Gasteiger partial charge on any atom is 0.319 e. The smallest absolute Gasteiger partial charge is 0.319 e. The Morgan fingerprint density at radius 1 is 1.13 bits per heavy atom. The van der Waals surface area contributed by atoms with Crippen molar-refractivity contribution in [2.24, 2.45) is 16.9 Å². The van der Waals surface area contributed by atoms with Crippen LogP contribution in [0.4, 0.5) is 10.1 Å². The van der Waals surface area contributed by atoms with Crippen molar-refractivity contribution < 1.29 is 27.1 Å². The first-order valence-corrected chi connectivity index (χ1v) is 14.7. The first kappa shape index (κ1) is 27.1. The van der Waals surface area contributed by atoms with Gasteiger partial charge in [-0.05, 0) is 73.4 Å². The van der Waals surface area contributed by atoms with Gasteiger partial charge in [0.15, 0.2) is 0 Å². The Labute approximate surface area is 226 Å². The fourth-order valence-electron chi connectivity index (χ4n) is 5.96. The van der Waals surface area contributed by atoms with Gasteiger partial charge in [0.25, 0.3) is 5.91 Å². The fourth-order valence-corrected chi connectivity index (χ4v) is 8.12. The van der Waals surface area contributed by atoms with E-state index in [1.54, 1.807) is 18.2 Å². The minimum Gasteiger partial charge on any atom is -0.461 e. The van der Waals surface area contributed by atoms with E-state index in [1.807, 2.05) is 19.9 Å². The zero-order valence-corrected chi connectivity index (χ0v) is 22.8. The lowest BCUT2D eigenvalue weighted by Crippen LogP contribution is -2.36. The zero-order valence-electron chi connectivity index (χ0n) is 22.0. The van der Waals surface area contributed by atoms with Gasteiger partial charge in [0, 0.05) is 28.4 Å². The molecule has 0 saturated heterocycles. The molecule has 1 amide bonds. The number of aromatic nitrogens is 1. The average molecular weight is 557 g/mol. The molecule has 5 N–H and O–H groups in total. The van der Waals surface area contributed by atoms with E-state index in [-0.39, 0.29) is 24.4 Å². The SMILES string of the molecule is CC1(C)Cc2c(-c3ccc(C(N)=O)c(N[C@H]4CC[C@H](OC(=O)CN)CC4)c3)c3ccc(F)cc3n2S(=O)(=O)C1. The van der Waals surface area contributed by atoms with Crippen LogP contribution in [0.2, 0.25) is 0 Å². The number of hydrogen-bond acceptors (Lipinski definition) is 7. The summed E-state index contributed by atoms with van der Waals surface area (Å²) in [5, 5.41) is 4.06. The number of carbonyl (C=O) groups is 2. The molecule has 2 aliphatic rings. The number of primary amides is 1. The molecule has 11 heteroatoms. The molecular formula is C28H33FN4O5S. The highest BCUT2D eigenvalue weighted by Crippen LogP contribution is 2.44. The number of halogens is 1. The highest BCUT2D eigenvalue weighted by molar-refractivity contribution is 7.90. The van der Waals surface area contributed by atoms with E-state index in [0.717, 1.165) is 0 Å². The number of nitrogens with one attached hydrogen (secondary N) is 1. The molecule has 1 aromatic heterocycles.